The van der Waals surface area contributed by atoms with Crippen molar-refractivity contribution in [3.8, 4) is 0 Å². The predicted molar refractivity (Wildman–Crippen MR) is 98.1 cm³/mol. The molecule has 1 aliphatic heterocycles. The maximum absolute atomic E-state index is 5.92. The van der Waals surface area contributed by atoms with Crippen molar-refractivity contribution in [2.75, 3.05) is 37.5 Å². The molecule has 5 nitrogen and oxygen atoms in total. The molecule has 0 radical (unpaired) electrons. The smallest absolute Gasteiger partial charge is 0.194 e. The minimum atomic E-state index is 0. The molecular weight excluding hydrogens is 385 g/mol. The molecule has 2 heterocycles. The van der Waals surface area contributed by atoms with Gasteiger partial charge in [-0.3, -0.25) is 4.99 Å². The molecule has 0 spiro atoms. The molecule has 0 amide bonds. The van der Waals surface area contributed by atoms with Gasteiger partial charge in [0.15, 0.2) is 5.96 Å². The molecule has 0 aliphatic carbocycles. The molecule has 7 heteroatoms. The fraction of sp³-hybridized carbons (Fsp3) is 0.538. The molecular formula is C13H22IN5S. The van der Waals surface area contributed by atoms with Crippen molar-refractivity contribution < 1.29 is 0 Å². The van der Waals surface area contributed by atoms with Crippen LogP contribution in [0.3, 0.4) is 0 Å². The van der Waals surface area contributed by atoms with E-state index in [2.05, 4.69) is 34.3 Å². The Morgan fingerprint density at radius 2 is 2.35 bits per heavy atom. The van der Waals surface area contributed by atoms with Crippen molar-refractivity contribution >= 4 is 47.5 Å². The van der Waals surface area contributed by atoms with Gasteiger partial charge in [0.2, 0.25) is 0 Å². The number of anilines is 1. The van der Waals surface area contributed by atoms with Gasteiger partial charge in [-0.2, -0.15) is 11.8 Å². The lowest BCUT2D eigenvalue weighted by Crippen LogP contribution is -2.47. The van der Waals surface area contributed by atoms with Crippen LogP contribution in [-0.4, -0.2) is 53.5 Å². The first-order valence-corrected chi connectivity index (χ1v) is 7.51. The number of halogens is 1. The van der Waals surface area contributed by atoms with Crippen molar-refractivity contribution in [2.45, 2.75) is 12.0 Å². The fourth-order valence-corrected chi connectivity index (χ4v) is 3.60. The number of hydrogen-bond acceptors (Lipinski definition) is 4. The molecule has 0 aromatic carbocycles. The van der Waals surface area contributed by atoms with Crippen molar-refractivity contribution in [3.05, 3.63) is 24.4 Å². The van der Waals surface area contributed by atoms with Crippen LogP contribution in [0, 0.1) is 0 Å². The molecule has 3 N–H and O–H groups in total. The molecule has 1 aromatic rings. The van der Waals surface area contributed by atoms with Crippen LogP contribution in [0.25, 0.3) is 0 Å². The summed E-state index contributed by atoms with van der Waals surface area (Å²) in [6, 6.07) is 5.66. The van der Waals surface area contributed by atoms with Crippen LogP contribution >= 0.6 is 35.7 Å². The summed E-state index contributed by atoms with van der Waals surface area (Å²) in [5, 5.41) is 3.01. The van der Waals surface area contributed by atoms with Crippen molar-refractivity contribution in [2.24, 2.45) is 10.7 Å². The Morgan fingerprint density at radius 1 is 1.55 bits per heavy atom. The summed E-state index contributed by atoms with van der Waals surface area (Å²) in [4.78, 5) is 10.9. The third kappa shape index (κ3) is 4.49. The second kappa shape index (κ2) is 8.04. The van der Waals surface area contributed by atoms with Gasteiger partial charge < -0.3 is 16.0 Å². The van der Waals surface area contributed by atoms with Gasteiger partial charge in [-0.05, 0) is 38.4 Å². The molecule has 20 heavy (non-hydrogen) atoms. The van der Waals surface area contributed by atoms with Crippen molar-refractivity contribution in [1.29, 1.82) is 0 Å². The number of nitrogens with two attached hydrogens (primary N) is 1. The highest BCUT2D eigenvalue weighted by Gasteiger charge is 2.36. The quantitative estimate of drug-likeness (QED) is 0.453. The van der Waals surface area contributed by atoms with E-state index < -0.39 is 0 Å². The zero-order valence-electron chi connectivity index (χ0n) is 11.9. The number of pyridine rings is 1. The fourth-order valence-electron chi connectivity index (χ4n) is 2.06. The predicted octanol–water partition coefficient (Wildman–Crippen LogP) is 1.86. The lowest BCUT2D eigenvalue weighted by molar-refractivity contribution is 0.190. The van der Waals surface area contributed by atoms with E-state index in [9.17, 15) is 0 Å². The third-order valence-electron chi connectivity index (χ3n) is 3.50. The number of nitrogens with one attached hydrogen (secondary N) is 1. The van der Waals surface area contributed by atoms with Crippen LogP contribution in [0.15, 0.2) is 29.4 Å². The molecule has 1 unspecified atom stereocenters. The summed E-state index contributed by atoms with van der Waals surface area (Å²) in [6.45, 7) is 0.721. The molecule has 1 aromatic heterocycles. The standard InChI is InChI=1S/C13H21N5S.HI/c1-18(2)13(6-8-19-10-13)9-16-12(14)17-11-5-3-4-7-15-11;/h3-5,7H,6,8-10H2,1-2H3,(H3,14,15,16,17);1H. The van der Waals surface area contributed by atoms with Gasteiger partial charge in [-0.1, -0.05) is 6.07 Å². The lowest BCUT2D eigenvalue weighted by atomic mass is 9.98. The van der Waals surface area contributed by atoms with Gasteiger partial charge in [0.05, 0.1) is 6.54 Å². The maximum Gasteiger partial charge on any atom is 0.194 e. The average Bonchev–Trinajstić information content (AvgIpc) is 2.88. The summed E-state index contributed by atoms with van der Waals surface area (Å²) < 4.78 is 0. The van der Waals surface area contributed by atoms with Crippen LogP contribution in [0.1, 0.15) is 6.42 Å². The van der Waals surface area contributed by atoms with E-state index in [1.807, 2.05) is 30.0 Å². The molecule has 2 rings (SSSR count). The maximum atomic E-state index is 5.92. The Kier molecular flexibility index (Phi) is 7.04. The molecule has 1 fully saturated rings. The van der Waals surface area contributed by atoms with Gasteiger partial charge in [-0.15, -0.1) is 24.0 Å². The van der Waals surface area contributed by atoms with Crippen LogP contribution in [0.2, 0.25) is 0 Å². The topological polar surface area (TPSA) is 66.5 Å². The minimum absolute atomic E-state index is 0. The number of hydrogen-bond donors (Lipinski definition) is 2. The van der Waals surface area contributed by atoms with Crippen molar-refractivity contribution in [1.82, 2.24) is 9.88 Å². The van der Waals surface area contributed by atoms with Gasteiger partial charge in [-0.25, -0.2) is 4.98 Å². The highest BCUT2D eigenvalue weighted by atomic mass is 127. The second-order valence-electron chi connectivity index (χ2n) is 4.96. The number of guanidine groups is 1. The second-order valence-corrected chi connectivity index (χ2v) is 6.07. The Bertz CT molecular complexity index is 432. The molecule has 0 bridgehead atoms. The minimum Gasteiger partial charge on any atom is -0.370 e. The van der Waals surface area contributed by atoms with Crippen LogP contribution < -0.4 is 11.1 Å². The van der Waals surface area contributed by atoms with Crippen LogP contribution in [0.5, 0.6) is 0 Å². The number of aromatic nitrogens is 1. The SMILES string of the molecule is CN(C)C1(CN=C(N)Nc2ccccn2)CCSC1.I. The number of rotatable bonds is 4. The zero-order valence-corrected chi connectivity index (χ0v) is 15.0. The first-order valence-electron chi connectivity index (χ1n) is 6.36. The lowest BCUT2D eigenvalue weighted by Gasteiger charge is -2.34. The summed E-state index contributed by atoms with van der Waals surface area (Å²) in [5.41, 5.74) is 6.06. The third-order valence-corrected chi connectivity index (χ3v) is 4.73. The number of likely N-dealkylation sites (N-methyl/N-ethyl adjacent to an activating group) is 1. The Balaban J connectivity index is 0.00000200. The number of thioether (sulfide) groups is 1. The van der Waals surface area contributed by atoms with Gasteiger partial charge >= 0.3 is 0 Å². The van der Waals surface area contributed by atoms with E-state index in [0.717, 1.165) is 24.5 Å². The highest BCUT2D eigenvalue weighted by Crippen LogP contribution is 2.32. The first kappa shape index (κ1) is 17.5. The first-order chi connectivity index (χ1) is 9.12. The molecule has 112 valence electrons. The monoisotopic (exact) mass is 407 g/mol. The van der Waals surface area contributed by atoms with E-state index >= 15 is 0 Å². The molecule has 1 aliphatic rings. The summed E-state index contributed by atoms with van der Waals surface area (Å²) in [5.74, 6) is 3.46. The van der Waals surface area contributed by atoms with E-state index in [1.54, 1.807) is 6.20 Å². The molecule has 1 saturated heterocycles. The van der Waals surface area contributed by atoms with Crippen molar-refractivity contribution in [3.63, 3.8) is 0 Å². The van der Waals surface area contributed by atoms with Gasteiger partial charge in [0.1, 0.15) is 5.82 Å². The molecule has 0 saturated carbocycles. The van der Waals surface area contributed by atoms with Gasteiger partial charge in [0, 0.05) is 17.5 Å². The van der Waals surface area contributed by atoms with Crippen LogP contribution in [0.4, 0.5) is 5.82 Å². The summed E-state index contributed by atoms with van der Waals surface area (Å²) in [6.07, 6.45) is 2.88. The summed E-state index contributed by atoms with van der Waals surface area (Å²) in [7, 11) is 4.23. The highest BCUT2D eigenvalue weighted by molar-refractivity contribution is 14.0. The van der Waals surface area contributed by atoms with E-state index in [1.165, 1.54) is 5.75 Å². The number of aliphatic imine (C=N–C) groups is 1. The zero-order chi connectivity index (χ0) is 13.7. The van der Waals surface area contributed by atoms with E-state index in [-0.39, 0.29) is 29.5 Å². The van der Waals surface area contributed by atoms with Gasteiger partial charge in [0.25, 0.3) is 0 Å². The van der Waals surface area contributed by atoms with E-state index in [0.29, 0.717) is 5.96 Å². The number of nitrogens with zero attached hydrogens (tertiary/aromatic N) is 3. The normalized spacial score (nSPS) is 22.6. The van der Waals surface area contributed by atoms with E-state index in [4.69, 9.17) is 5.73 Å². The average molecular weight is 407 g/mol. The molecule has 1 atom stereocenters. The van der Waals surface area contributed by atoms with Crippen LogP contribution in [-0.2, 0) is 0 Å². The Labute approximate surface area is 141 Å². The largest absolute Gasteiger partial charge is 0.370 e. The summed E-state index contributed by atoms with van der Waals surface area (Å²) >= 11 is 1.98. The Morgan fingerprint density at radius 3 is 2.90 bits per heavy atom. The Hall–Kier alpha value is -0.540.